The van der Waals surface area contributed by atoms with Gasteiger partial charge >= 0.3 is 0 Å². The van der Waals surface area contributed by atoms with Crippen LogP contribution in [0.25, 0.3) is 0 Å². The summed E-state index contributed by atoms with van der Waals surface area (Å²) < 4.78 is 5.22. The molecule has 2 N–H and O–H groups in total. The topological polar surface area (TPSA) is 84.3 Å². The third kappa shape index (κ3) is 2.95. The highest BCUT2D eigenvalue weighted by Crippen LogP contribution is 2.20. The van der Waals surface area contributed by atoms with Gasteiger partial charge in [0, 0.05) is 13.2 Å². The number of aliphatic hydroxyl groups excluding tert-OH is 1. The van der Waals surface area contributed by atoms with Crippen LogP contribution < -0.4 is 5.32 Å². The lowest BCUT2D eigenvalue weighted by Gasteiger charge is -2.36. The normalized spacial score (nSPS) is 18.3. The number of carbonyl (C=O) groups is 1. The van der Waals surface area contributed by atoms with E-state index in [4.69, 9.17) is 16.3 Å². The smallest absolute Gasteiger partial charge is 0.272 e. The van der Waals surface area contributed by atoms with Crippen molar-refractivity contribution in [1.29, 1.82) is 0 Å². The number of nitrogens with zero attached hydrogens (tertiary/aromatic N) is 2. The van der Waals surface area contributed by atoms with E-state index in [2.05, 4.69) is 15.5 Å². The number of amides is 1. The summed E-state index contributed by atoms with van der Waals surface area (Å²) in [4.78, 5) is 12.0. The summed E-state index contributed by atoms with van der Waals surface area (Å²) in [7, 11) is 0. The van der Waals surface area contributed by atoms with Crippen LogP contribution in [0.4, 0.5) is 0 Å². The quantitative estimate of drug-likeness (QED) is 0.831. The molecule has 1 fully saturated rings. The molecular formula is C11H14ClN3O3. The van der Waals surface area contributed by atoms with E-state index < -0.39 is 5.54 Å². The van der Waals surface area contributed by atoms with Gasteiger partial charge in [0.1, 0.15) is 0 Å². The standard InChI is InChI=1S/C11H14ClN3O3/c12-9-2-1-8(14-15-9)10(17)13-11(7-16)3-5-18-6-4-11/h1-2,16H,3-7H2,(H,13,17). The van der Waals surface area contributed by atoms with Crippen molar-refractivity contribution in [3.8, 4) is 0 Å². The van der Waals surface area contributed by atoms with Gasteiger partial charge in [0.25, 0.3) is 5.91 Å². The van der Waals surface area contributed by atoms with Crippen LogP contribution in [0.15, 0.2) is 12.1 Å². The Kier molecular flexibility index (Phi) is 4.11. The Balaban J connectivity index is 2.07. The largest absolute Gasteiger partial charge is 0.394 e. The highest BCUT2D eigenvalue weighted by molar-refractivity contribution is 6.29. The van der Waals surface area contributed by atoms with Gasteiger partial charge in [-0.05, 0) is 25.0 Å². The summed E-state index contributed by atoms with van der Waals surface area (Å²) in [5.74, 6) is -0.366. The second kappa shape index (κ2) is 5.60. The van der Waals surface area contributed by atoms with Crippen LogP contribution in [0.2, 0.25) is 5.15 Å². The number of aromatic nitrogens is 2. The van der Waals surface area contributed by atoms with Crippen molar-refractivity contribution in [2.75, 3.05) is 19.8 Å². The summed E-state index contributed by atoms with van der Waals surface area (Å²) >= 11 is 5.60. The van der Waals surface area contributed by atoms with Gasteiger partial charge in [-0.1, -0.05) is 11.6 Å². The fraction of sp³-hybridized carbons (Fsp3) is 0.545. The Bertz CT molecular complexity index is 418. The molecule has 0 aliphatic carbocycles. The molecule has 0 atom stereocenters. The molecule has 2 heterocycles. The van der Waals surface area contributed by atoms with E-state index in [1.807, 2.05) is 0 Å². The molecule has 0 radical (unpaired) electrons. The van der Waals surface area contributed by atoms with Crippen LogP contribution in [-0.4, -0.2) is 46.6 Å². The van der Waals surface area contributed by atoms with Crippen molar-refractivity contribution in [2.45, 2.75) is 18.4 Å². The zero-order valence-corrected chi connectivity index (χ0v) is 10.5. The van der Waals surface area contributed by atoms with Crippen LogP contribution in [0.5, 0.6) is 0 Å². The maximum Gasteiger partial charge on any atom is 0.272 e. The molecule has 2 rings (SSSR count). The molecule has 1 aromatic rings. The molecule has 7 heteroatoms. The first-order valence-electron chi connectivity index (χ1n) is 5.66. The molecular weight excluding hydrogens is 258 g/mol. The Morgan fingerprint density at radius 2 is 2.17 bits per heavy atom. The highest BCUT2D eigenvalue weighted by Gasteiger charge is 2.34. The first kappa shape index (κ1) is 13.2. The molecule has 1 aliphatic rings. The van der Waals surface area contributed by atoms with E-state index in [9.17, 15) is 9.90 Å². The van der Waals surface area contributed by atoms with Crippen molar-refractivity contribution in [3.05, 3.63) is 23.0 Å². The number of halogens is 1. The van der Waals surface area contributed by atoms with E-state index in [0.29, 0.717) is 26.1 Å². The summed E-state index contributed by atoms with van der Waals surface area (Å²) in [6, 6.07) is 2.99. The molecule has 98 valence electrons. The predicted octanol–water partition coefficient (Wildman–Crippen LogP) is 0.401. The van der Waals surface area contributed by atoms with E-state index in [-0.39, 0.29) is 23.4 Å². The van der Waals surface area contributed by atoms with Crippen LogP contribution in [0.3, 0.4) is 0 Å². The molecule has 1 amide bonds. The minimum atomic E-state index is -0.628. The molecule has 0 saturated carbocycles. The van der Waals surface area contributed by atoms with Gasteiger partial charge in [0.15, 0.2) is 10.8 Å². The summed E-state index contributed by atoms with van der Waals surface area (Å²) in [5, 5.41) is 19.8. The van der Waals surface area contributed by atoms with Gasteiger partial charge in [-0.15, -0.1) is 10.2 Å². The second-order valence-corrected chi connectivity index (χ2v) is 4.63. The number of ether oxygens (including phenoxy) is 1. The third-order valence-electron chi connectivity index (χ3n) is 3.00. The number of hydrogen-bond acceptors (Lipinski definition) is 5. The maximum absolute atomic E-state index is 12.0. The molecule has 0 spiro atoms. The zero-order chi connectivity index (χ0) is 13.0. The minimum Gasteiger partial charge on any atom is -0.394 e. The summed E-state index contributed by atoms with van der Waals surface area (Å²) in [5.41, 5.74) is -0.449. The number of rotatable bonds is 3. The first-order chi connectivity index (χ1) is 8.65. The van der Waals surface area contributed by atoms with Crippen molar-refractivity contribution in [3.63, 3.8) is 0 Å². The molecule has 1 aromatic heterocycles. The van der Waals surface area contributed by atoms with Gasteiger partial charge in [-0.3, -0.25) is 4.79 Å². The summed E-state index contributed by atoms with van der Waals surface area (Å²) in [6.45, 7) is 0.920. The predicted molar refractivity (Wildman–Crippen MR) is 64.4 cm³/mol. The van der Waals surface area contributed by atoms with Gasteiger partial charge in [-0.2, -0.15) is 0 Å². The number of aliphatic hydroxyl groups is 1. The molecule has 0 bridgehead atoms. The molecule has 1 saturated heterocycles. The first-order valence-corrected chi connectivity index (χ1v) is 6.03. The average Bonchev–Trinajstić information content (AvgIpc) is 2.40. The molecule has 18 heavy (non-hydrogen) atoms. The van der Waals surface area contributed by atoms with Gasteiger partial charge < -0.3 is 15.2 Å². The van der Waals surface area contributed by atoms with Crippen molar-refractivity contribution < 1.29 is 14.6 Å². The fourth-order valence-corrected chi connectivity index (χ4v) is 1.93. The zero-order valence-electron chi connectivity index (χ0n) is 9.73. The van der Waals surface area contributed by atoms with E-state index >= 15 is 0 Å². The Labute approximate surface area is 109 Å². The van der Waals surface area contributed by atoms with Crippen LogP contribution in [0.1, 0.15) is 23.3 Å². The Morgan fingerprint density at radius 3 is 2.72 bits per heavy atom. The average molecular weight is 272 g/mol. The number of carbonyl (C=O) groups excluding carboxylic acids is 1. The Hall–Kier alpha value is -1.24. The van der Waals surface area contributed by atoms with Gasteiger partial charge in [0.2, 0.25) is 0 Å². The fourth-order valence-electron chi connectivity index (χ4n) is 1.83. The molecule has 0 aromatic carbocycles. The SMILES string of the molecule is O=C(NC1(CO)CCOCC1)c1ccc(Cl)nn1. The van der Waals surface area contributed by atoms with Crippen LogP contribution in [0, 0.1) is 0 Å². The Morgan fingerprint density at radius 1 is 1.44 bits per heavy atom. The van der Waals surface area contributed by atoms with Gasteiger partial charge in [0.05, 0.1) is 12.1 Å². The van der Waals surface area contributed by atoms with E-state index in [1.54, 1.807) is 0 Å². The molecule has 6 nitrogen and oxygen atoms in total. The van der Waals surface area contributed by atoms with Crippen LogP contribution >= 0.6 is 11.6 Å². The van der Waals surface area contributed by atoms with Gasteiger partial charge in [-0.25, -0.2) is 0 Å². The lowest BCUT2D eigenvalue weighted by atomic mass is 9.91. The van der Waals surface area contributed by atoms with E-state index in [1.165, 1.54) is 12.1 Å². The molecule has 1 aliphatic heterocycles. The lowest BCUT2D eigenvalue weighted by molar-refractivity contribution is 0.0124. The van der Waals surface area contributed by atoms with Crippen LogP contribution in [-0.2, 0) is 4.74 Å². The number of nitrogens with one attached hydrogen (secondary N) is 1. The maximum atomic E-state index is 12.0. The summed E-state index contributed by atoms with van der Waals surface area (Å²) in [6.07, 6.45) is 1.16. The minimum absolute atomic E-state index is 0.122. The van der Waals surface area contributed by atoms with Crippen molar-refractivity contribution >= 4 is 17.5 Å². The second-order valence-electron chi connectivity index (χ2n) is 4.25. The van der Waals surface area contributed by atoms with E-state index in [0.717, 1.165) is 0 Å². The molecule has 0 unspecified atom stereocenters. The van der Waals surface area contributed by atoms with Crippen molar-refractivity contribution in [2.24, 2.45) is 0 Å². The van der Waals surface area contributed by atoms with Crippen molar-refractivity contribution in [1.82, 2.24) is 15.5 Å². The monoisotopic (exact) mass is 271 g/mol. The number of hydrogen-bond donors (Lipinski definition) is 2. The third-order valence-corrected chi connectivity index (χ3v) is 3.20. The lowest BCUT2D eigenvalue weighted by Crippen LogP contribution is -2.54. The highest BCUT2D eigenvalue weighted by atomic mass is 35.5.